The third-order valence-corrected chi connectivity index (χ3v) is 2.32. The molecule has 0 atom stereocenters. The number of aryl methyl sites for hydroxylation is 1. The van der Waals surface area contributed by atoms with Gasteiger partial charge in [-0.2, -0.15) is 0 Å². The highest BCUT2D eigenvalue weighted by atomic mass is 79.9. The minimum atomic E-state index is 0.607. The second-order valence-corrected chi connectivity index (χ2v) is 3.87. The average molecular weight is 259 g/mol. The van der Waals surface area contributed by atoms with Crippen LogP contribution in [0.5, 0.6) is 5.75 Å². The molecule has 1 aromatic rings. The van der Waals surface area contributed by atoms with Crippen LogP contribution in [0.25, 0.3) is 0 Å². The van der Waals surface area contributed by atoms with Crippen LogP contribution in [0.4, 0.5) is 0 Å². The molecule has 0 N–H and O–H groups in total. The zero-order valence-corrected chi connectivity index (χ0v) is 10.1. The van der Waals surface area contributed by atoms with Gasteiger partial charge in [-0.3, -0.25) is 0 Å². The molecule has 1 aromatic carbocycles. The second-order valence-electron chi connectivity index (χ2n) is 2.96. The molecule has 0 spiro atoms. The van der Waals surface area contributed by atoms with E-state index in [0.29, 0.717) is 13.2 Å². The van der Waals surface area contributed by atoms with E-state index in [4.69, 9.17) is 9.47 Å². The predicted octanol–water partition coefficient (Wildman–Crippen LogP) is 3.17. The van der Waals surface area contributed by atoms with Crippen LogP contribution in [0.2, 0.25) is 0 Å². The summed E-state index contributed by atoms with van der Waals surface area (Å²) in [6, 6.07) is 5.98. The van der Waals surface area contributed by atoms with E-state index in [0.717, 1.165) is 22.4 Å². The van der Waals surface area contributed by atoms with E-state index in [1.807, 2.05) is 32.0 Å². The molecule has 0 amide bonds. The number of hydrogen-bond donors (Lipinski definition) is 0. The van der Waals surface area contributed by atoms with Crippen molar-refractivity contribution < 1.29 is 9.47 Å². The molecule has 0 heterocycles. The lowest BCUT2D eigenvalue weighted by atomic mass is 10.2. The van der Waals surface area contributed by atoms with Gasteiger partial charge in [-0.15, -0.1) is 0 Å². The molecule has 78 valence electrons. The average Bonchev–Trinajstić information content (AvgIpc) is 2.15. The Kier molecular flexibility index (Phi) is 4.98. The lowest BCUT2D eigenvalue weighted by molar-refractivity contribution is 0.110. The summed E-state index contributed by atoms with van der Waals surface area (Å²) in [5.74, 6) is 0.924. The Morgan fingerprint density at radius 1 is 1.29 bits per heavy atom. The van der Waals surface area contributed by atoms with Gasteiger partial charge in [0, 0.05) is 11.1 Å². The maximum atomic E-state index is 5.55. The zero-order valence-electron chi connectivity index (χ0n) is 8.55. The monoisotopic (exact) mass is 258 g/mol. The molecule has 0 aliphatic carbocycles. The van der Waals surface area contributed by atoms with Crippen LogP contribution in [0.15, 0.2) is 22.7 Å². The van der Waals surface area contributed by atoms with Crippen LogP contribution >= 0.6 is 15.9 Å². The Hall–Kier alpha value is -0.540. The Morgan fingerprint density at radius 2 is 2.07 bits per heavy atom. The molecule has 0 fully saturated rings. The van der Waals surface area contributed by atoms with Gasteiger partial charge in [-0.1, -0.05) is 15.9 Å². The molecular weight excluding hydrogens is 244 g/mol. The van der Waals surface area contributed by atoms with E-state index >= 15 is 0 Å². The van der Waals surface area contributed by atoms with E-state index in [-0.39, 0.29) is 0 Å². The van der Waals surface area contributed by atoms with Crippen molar-refractivity contribution in [1.82, 2.24) is 0 Å². The molecule has 0 saturated heterocycles. The first-order valence-corrected chi connectivity index (χ1v) is 5.50. The highest BCUT2D eigenvalue weighted by Gasteiger charge is 1.99. The molecule has 3 heteroatoms. The van der Waals surface area contributed by atoms with Crippen molar-refractivity contribution in [3.63, 3.8) is 0 Å². The lowest BCUT2D eigenvalue weighted by Gasteiger charge is -2.08. The third kappa shape index (κ3) is 3.68. The first kappa shape index (κ1) is 11.5. The van der Waals surface area contributed by atoms with Gasteiger partial charge in [0.15, 0.2) is 0 Å². The lowest BCUT2D eigenvalue weighted by Crippen LogP contribution is -2.06. The van der Waals surface area contributed by atoms with Gasteiger partial charge in [0.25, 0.3) is 0 Å². The summed E-state index contributed by atoms with van der Waals surface area (Å²) < 4.78 is 11.8. The fourth-order valence-electron chi connectivity index (χ4n) is 1.13. The molecule has 0 aliphatic rings. The van der Waals surface area contributed by atoms with Crippen molar-refractivity contribution in [3.05, 3.63) is 28.2 Å². The summed E-state index contributed by atoms with van der Waals surface area (Å²) in [6.45, 7) is 6.00. The van der Waals surface area contributed by atoms with Gasteiger partial charge in [0.2, 0.25) is 0 Å². The smallest absolute Gasteiger partial charge is 0.122 e. The summed E-state index contributed by atoms with van der Waals surface area (Å²) in [5, 5.41) is 0. The van der Waals surface area contributed by atoms with Gasteiger partial charge in [-0.05, 0) is 37.6 Å². The Labute approximate surface area is 93.4 Å². The van der Waals surface area contributed by atoms with Crippen molar-refractivity contribution in [2.24, 2.45) is 0 Å². The number of halogens is 1. The van der Waals surface area contributed by atoms with E-state index in [2.05, 4.69) is 15.9 Å². The largest absolute Gasteiger partial charge is 0.491 e. The summed E-state index contributed by atoms with van der Waals surface area (Å²) >= 11 is 3.41. The van der Waals surface area contributed by atoms with E-state index in [1.54, 1.807) is 0 Å². The third-order valence-electron chi connectivity index (χ3n) is 1.83. The standard InChI is InChI=1S/C11H15BrO2/c1-3-13-6-7-14-11-5-4-10(12)8-9(11)2/h4-5,8H,3,6-7H2,1-2H3. The van der Waals surface area contributed by atoms with Crippen molar-refractivity contribution in [1.29, 1.82) is 0 Å². The van der Waals surface area contributed by atoms with Crippen LogP contribution in [0.1, 0.15) is 12.5 Å². The topological polar surface area (TPSA) is 18.5 Å². The molecule has 0 saturated carbocycles. The van der Waals surface area contributed by atoms with Crippen LogP contribution in [0, 0.1) is 6.92 Å². The molecule has 1 rings (SSSR count). The Balaban J connectivity index is 2.42. The summed E-state index contributed by atoms with van der Waals surface area (Å²) in [7, 11) is 0. The number of hydrogen-bond acceptors (Lipinski definition) is 2. The first-order valence-electron chi connectivity index (χ1n) is 4.70. The molecule has 0 unspecified atom stereocenters. The maximum Gasteiger partial charge on any atom is 0.122 e. The quantitative estimate of drug-likeness (QED) is 0.756. The van der Waals surface area contributed by atoms with Gasteiger partial charge in [-0.25, -0.2) is 0 Å². The molecule has 0 bridgehead atoms. The van der Waals surface area contributed by atoms with Gasteiger partial charge >= 0.3 is 0 Å². The van der Waals surface area contributed by atoms with Gasteiger partial charge in [0.05, 0.1) is 6.61 Å². The minimum absolute atomic E-state index is 0.607. The number of benzene rings is 1. The van der Waals surface area contributed by atoms with Crippen molar-refractivity contribution in [2.45, 2.75) is 13.8 Å². The van der Waals surface area contributed by atoms with Crippen molar-refractivity contribution in [3.8, 4) is 5.75 Å². The normalized spacial score (nSPS) is 10.2. The van der Waals surface area contributed by atoms with E-state index in [1.165, 1.54) is 0 Å². The number of ether oxygens (including phenoxy) is 2. The Morgan fingerprint density at radius 3 is 2.71 bits per heavy atom. The highest BCUT2D eigenvalue weighted by molar-refractivity contribution is 9.10. The molecule has 2 nitrogen and oxygen atoms in total. The SMILES string of the molecule is CCOCCOc1ccc(Br)cc1C. The maximum absolute atomic E-state index is 5.55. The highest BCUT2D eigenvalue weighted by Crippen LogP contribution is 2.21. The summed E-state index contributed by atoms with van der Waals surface area (Å²) in [4.78, 5) is 0. The molecular formula is C11H15BrO2. The fourth-order valence-corrected chi connectivity index (χ4v) is 1.61. The van der Waals surface area contributed by atoms with Crippen LogP contribution in [-0.4, -0.2) is 19.8 Å². The molecule has 14 heavy (non-hydrogen) atoms. The zero-order chi connectivity index (χ0) is 10.4. The van der Waals surface area contributed by atoms with Crippen LogP contribution < -0.4 is 4.74 Å². The number of rotatable bonds is 5. The van der Waals surface area contributed by atoms with Gasteiger partial charge in [0.1, 0.15) is 12.4 Å². The summed E-state index contributed by atoms with van der Waals surface area (Å²) in [6.07, 6.45) is 0. The van der Waals surface area contributed by atoms with E-state index < -0.39 is 0 Å². The molecule has 0 radical (unpaired) electrons. The van der Waals surface area contributed by atoms with Crippen LogP contribution in [-0.2, 0) is 4.74 Å². The minimum Gasteiger partial charge on any atom is -0.491 e. The van der Waals surface area contributed by atoms with E-state index in [9.17, 15) is 0 Å². The fraction of sp³-hybridized carbons (Fsp3) is 0.455. The molecule has 0 aromatic heterocycles. The van der Waals surface area contributed by atoms with Crippen LogP contribution in [0.3, 0.4) is 0 Å². The summed E-state index contributed by atoms with van der Waals surface area (Å²) in [5.41, 5.74) is 1.14. The second kappa shape index (κ2) is 6.04. The van der Waals surface area contributed by atoms with Crippen molar-refractivity contribution in [2.75, 3.05) is 19.8 Å². The Bertz CT molecular complexity index is 287. The first-order chi connectivity index (χ1) is 6.74. The molecule has 0 aliphatic heterocycles. The predicted molar refractivity (Wildman–Crippen MR) is 60.9 cm³/mol. The van der Waals surface area contributed by atoms with Crippen molar-refractivity contribution >= 4 is 15.9 Å². The van der Waals surface area contributed by atoms with Gasteiger partial charge < -0.3 is 9.47 Å².